The minimum Gasteiger partial charge on any atom is -0.353 e. The van der Waals surface area contributed by atoms with E-state index in [2.05, 4.69) is 16.5 Å². The van der Waals surface area contributed by atoms with Gasteiger partial charge >= 0.3 is 0 Å². The Morgan fingerprint density at radius 3 is 2.65 bits per heavy atom. The van der Waals surface area contributed by atoms with Gasteiger partial charge in [-0.2, -0.15) is 5.10 Å². The lowest BCUT2D eigenvalue weighted by Crippen LogP contribution is -2.39. The van der Waals surface area contributed by atoms with Crippen LogP contribution >= 0.6 is 0 Å². The van der Waals surface area contributed by atoms with Crippen LogP contribution in [0.15, 0.2) is 18.2 Å². The van der Waals surface area contributed by atoms with Crippen molar-refractivity contribution in [3.05, 3.63) is 29.5 Å². The second kappa shape index (κ2) is 7.97. The van der Waals surface area contributed by atoms with Crippen molar-refractivity contribution < 1.29 is 19.1 Å². The van der Waals surface area contributed by atoms with Gasteiger partial charge in [0.2, 0.25) is 11.8 Å². The SMILES string of the molecule is CCOC(Cc1ccc2c(C3CCC(=O)NC3=O)nn(C)c2c1)OCC. The van der Waals surface area contributed by atoms with E-state index in [-0.39, 0.29) is 24.0 Å². The highest BCUT2D eigenvalue weighted by molar-refractivity contribution is 6.02. The highest BCUT2D eigenvalue weighted by Crippen LogP contribution is 2.30. The molecular formula is C19H25N3O4. The van der Waals surface area contributed by atoms with Gasteiger partial charge in [-0.05, 0) is 31.9 Å². The molecule has 1 aromatic carbocycles. The zero-order chi connectivity index (χ0) is 18.7. The van der Waals surface area contributed by atoms with Crippen molar-refractivity contribution in [2.24, 2.45) is 7.05 Å². The van der Waals surface area contributed by atoms with Gasteiger partial charge in [-0.3, -0.25) is 19.6 Å². The van der Waals surface area contributed by atoms with E-state index in [0.717, 1.165) is 22.2 Å². The maximum atomic E-state index is 12.2. The number of rotatable bonds is 7. The molecular weight excluding hydrogens is 334 g/mol. The molecule has 0 aliphatic carbocycles. The predicted octanol–water partition coefficient (Wildman–Crippen LogP) is 2.04. The number of piperidine rings is 1. The number of fused-ring (bicyclic) bond motifs is 1. The number of aromatic nitrogens is 2. The molecule has 1 saturated heterocycles. The number of hydrogen-bond donors (Lipinski definition) is 1. The molecule has 140 valence electrons. The number of imide groups is 1. The normalized spacial score (nSPS) is 17.9. The molecule has 2 amide bonds. The van der Waals surface area contributed by atoms with Crippen molar-refractivity contribution in [2.75, 3.05) is 13.2 Å². The summed E-state index contributed by atoms with van der Waals surface area (Å²) in [5.41, 5.74) is 2.77. The van der Waals surface area contributed by atoms with Crippen molar-refractivity contribution in [1.29, 1.82) is 0 Å². The van der Waals surface area contributed by atoms with Crippen LogP contribution in [0.3, 0.4) is 0 Å². The standard InChI is InChI=1S/C19H25N3O4/c1-4-25-17(26-5-2)11-12-6-7-13-15(10-12)22(3)21-18(13)14-8-9-16(23)20-19(14)24/h6-7,10,14,17H,4-5,8-9,11H2,1-3H3,(H,20,23,24). The first-order valence-corrected chi connectivity index (χ1v) is 9.05. The molecule has 0 radical (unpaired) electrons. The summed E-state index contributed by atoms with van der Waals surface area (Å²) in [5, 5.41) is 7.91. The average molecular weight is 359 g/mol. The number of carbonyl (C=O) groups is 2. The molecule has 0 saturated carbocycles. The largest absolute Gasteiger partial charge is 0.353 e. The second-order valence-corrected chi connectivity index (χ2v) is 6.41. The van der Waals surface area contributed by atoms with E-state index in [4.69, 9.17) is 9.47 Å². The Balaban J connectivity index is 1.88. The van der Waals surface area contributed by atoms with Crippen LogP contribution in [-0.2, 0) is 32.5 Å². The van der Waals surface area contributed by atoms with Crippen LogP contribution in [0.5, 0.6) is 0 Å². The number of amides is 2. The van der Waals surface area contributed by atoms with Gasteiger partial charge < -0.3 is 9.47 Å². The molecule has 1 N–H and O–H groups in total. The van der Waals surface area contributed by atoms with Crippen molar-refractivity contribution in [3.8, 4) is 0 Å². The Hall–Kier alpha value is -2.25. The van der Waals surface area contributed by atoms with Crippen LogP contribution in [0.25, 0.3) is 10.9 Å². The summed E-state index contributed by atoms with van der Waals surface area (Å²) in [5.74, 6) is -0.869. The Morgan fingerprint density at radius 2 is 2.00 bits per heavy atom. The van der Waals surface area contributed by atoms with Gasteiger partial charge in [-0.15, -0.1) is 0 Å². The lowest BCUT2D eigenvalue weighted by Gasteiger charge is -2.19. The zero-order valence-electron chi connectivity index (χ0n) is 15.4. The fourth-order valence-electron chi connectivity index (χ4n) is 3.40. The third-order valence-corrected chi connectivity index (χ3v) is 4.62. The van der Waals surface area contributed by atoms with Crippen molar-refractivity contribution in [1.82, 2.24) is 15.1 Å². The predicted molar refractivity (Wildman–Crippen MR) is 96.6 cm³/mol. The van der Waals surface area contributed by atoms with E-state index in [9.17, 15) is 9.59 Å². The van der Waals surface area contributed by atoms with E-state index in [1.807, 2.05) is 33.0 Å². The van der Waals surface area contributed by atoms with Crippen LogP contribution in [0.2, 0.25) is 0 Å². The molecule has 26 heavy (non-hydrogen) atoms. The summed E-state index contributed by atoms with van der Waals surface area (Å²) in [7, 11) is 1.87. The Morgan fingerprint density at radius 1 is 1.27 bits per heavy atom. The molecule has 1 aromatic heterocycles. The van der Waals surface area contributed by atoms with Gasteiger partial charge in [-0.25, -0.2) is 0 Å². The fraction of sp³-hybridized carbons (Fsp3) is 0.526. The molecule has 7 heteroatoms. The Bertz CT molecular complexity index is 808. The van der Waals surface area contributed by atoms with Gasteiger partial charge in [-0.1, -0.05) is 12.1 Å². The third-order valence-electron chi connectivity index (χ3n) is 4.62. The summed E-state index contributed by atoms with van der Waals surface area (Å²) in [6.07, 6.45) is 1.22. The van der Waals surface area contributed by atoms with Gasteiger partial charge in [0, 0.05) is 38.5 Å². The maximum absolute atomic E-state index is 12.2. The van der Waals surface area contributed by atoms with Crippen LogP contribution in [0, 0.1) is 0 Å². The number of aryl methyl sites for hydroxylation is 1. The van der Waals surface area contributed by atoms with E-state index in [1.165, 1.54) is 0 Å². The number of nitrogens with zero attached hydrogens (tertiary/aromatic N) is 2. The monoisotopic (exact) mass is 359 g/mol. The Kier molecular flexibility index (Phi) is 5.68. The third kappa shape index (κ3) is 3.78. The first kappa shape index (κ1) is 18.5. The summed E-state index contributed by atoms with van der Waals surface area (Å²) < 4.78 is 13.0. The number of hydrogen-bond acceptors (Lipinski definition) is 5. The first-order valence-electron chi connectivity index (χ1n) is 9.05. The summed E-state index contributed by atoms with van der Waals surface area (Å²) in [6, 6.07) is 6.07. The smallest absolute Gasteiger partial charge is 0.235 e. The van der Waals surface area contributed by atoms with Crippen LogP contribution in [0.4, 0.5) is 0 Å². The molecule has 1 unspecified atom stereocenters. The van der Waals surface area contributed by atoms with Gasteiger partial charge in [0.1, 0.15) is 0 Å². The van der Waals surface area contributed by atoms with Crippen molar-refractivity contribution >= 4 is 22.7 Å². The highest BCUT2D eigenvalue weighted by atomic mass is 16.7. The number of nitrogens with one attached hydrogen (secondary N) is 1. The van der Waals surface area contributed by atoms with E-state index in [0.29, 0.717) is 32.5 Å². The van der Waals surface area contributed by atoms with E-state index < -0.39 is 0 Å². The lowest BCUT2D eigenvalue weighted by atomic mass is 9.92. The molecule has 3 rings (SSSR count). The highest BCUT2D eigenvalue weighted by Gasteiger charge is 2.31. The topological polar surface area (TPSA) is 82.5 Å². The van der Waals surface area contributed by atoms with E-state index >= 15 is 0 Å². The van der Waals surface area contributed by atoms with Gasteiger partial charge in [0.05, 0.1) is 17.1 Å². The average Bonchev–Trinajstić information content (AvgIpc) is 2.92. The molecule has 1 atom stereocenters. The molecule has 7 nitrogen and oxygen atoms in total. The van der Waals surface area contributed by atoms with Crippen LogP contribution in [-0.4, -0.2) is 41.1 Å². The minimum absolute atomic E-state index is 0.216. The Labute approximate surface area is 152 Å². The molecule has 1 aliphatic rings. The van der Waals surface area contributed by atoms with Crippen molar-refractivity contribution in [2.45, 2.75) is 45.3 Å². The van der Waals surface area contributed by atoms with Gasteiger partial charge in [0.25, 0.3) is 0 Å². The maximum Gasteiger partial charge on any atom is 0.235 e. The second-order valence-electron chi connectivity index (χ2n) is 6.41. The van der Waals surface area contributed by atoms with Crippen molar-refractivity contribution in [3.63, 3.8) is 0 Å². The molecule has 2 heterocycles. The van der Waals surface area contributed by atoms with E-state index in [1.54, 1.807) is 4.68 Å². The fourth-order valence-corrected chi connectivity index (χ4v) is 3.40. The molecule has 1 fully saturated rings. The zero-order valence-corrected chi connectivity index (χ0v) is 15.4. The number of ether oxygens (including phenoxy) is 2. The number of carbonyl (C=O) groups excluding carboxylic acids is 2. The first-order chi connectivity index (χ1) is 12.5. The van der Waals surface area contributed by atoms with Crippen LogP contribution in [0.1, 0.15) is 43.9 Å². The summed E-state index contributed by atoms with van der Waals surface area (Å²) in [4.78, 5) is 23.6. The molecule has 0 spiro atoms. The lowest BCUT2D eigenvalue weighted by molar-refractivity contribution is -0.135. The van der Waals surface area contributed by atoms with Crippen LogP contribution < -0.4 is 5.32 Å². The molecule has 1 aliphatic heterocycles. The molecule has 0 bridgehead atoms. The molecule has 2 aromatic rings. The number of benzene rings is 1. The minimum atomic E-state index is -0.387. The summed E-state index contributed by atoms with van der Waals surface area (Å²) in [6.45, 7) is 5.09. The van der Waals surface area contributed by atoms with Gasteiger partial charge in [0.15, 0.2) is 6.29 Å². The summed E-state index contributed by atoms with van der Waals surface area (Å²) >= 11 is 0. The quantitative estimate of drug-likeness (QED) is 0.604.